The minimum Gasteiger partial charge on any atom is -0.456 e. The van der Waals surface area contributed by atoms with E-state index in [1.165, 1.54) is 17.8 Å². The van der Waals surface area contributed by atoms with Gasteiger partial charge in [0.15, 0.2) is 6.61 Å². The molecular weight excluding hydrogens is 358 g/mol. The topological polar surface area (TPSA) is 114 Å². The lowest BCUT2D eigenvalue weighted by molar-refractivity contribution is -0.148. The number of nitrogens with one attached hydrogen (secondary N) is 3. The lowest BCUT2D eigenvalue weighted by Gasteiger charge is -2.22. The molecule has 1 aliphatic rings. The maximum absolute atomic E-state index is 11.7. The zero-order valence-corrected chi connectivity index (χ0v) is 15.2. The van der Waals surface area contributed by atoms with E-state index in [2.05, 4.69) is 16.0 Å². The van der Waals surface area contributed by atoms with E-state index >= 15 is 0 Å². The maximum Gasteiger partial charge on any atom is 0.321 e. The Bertz CT molecular complexity index is 626. The van der Waals surface area contributed by atoms with Gasteiger partial charge in [-0.3, -0.25) is 19.7 Å². The van der Waals surface area contributed by atoms with Gasteiger partial charge in [-0.25, -0.2) is 4.79 Å². The molecule has 1 fully saturated rings. The van der Waals surface area contributed by atoms with Gasteiger partial charge in [-0.05, 0) is 24.3 Å². The van der Waals surface area contributed by atoms with E-state index in [0.717, 1.165) is 25.7 Å². The van der Waals surface area contributed by atoms with E-state index in [1.807, 2.05) is 0 Å². The smallest absolute Gasteiger partial charge is 0.321 e. The first-order valence-electron chi connectivity index (χ1n) is 8.62. The summed E-state index contributed by atoms with van der Waals surface area (Å²) in [4.78, 5) is 47.1. The molecule has 0 radical (unpaired) electrons. The molecule has 9 heteroatoms. The number of hydrogen-bond acceptors (Lipinski definition) is 6. The number of rotatable bonds is 7. The zero-order valence-electron chi connectivity index (χ0n) is 14.4. The first kappa shape index (κ1) is 19.9. The summed E-state index contributed by atoms with van der Waals surface area (Å²) in [5, 5.41) is 9.25. The van der Waals surface area contributed by atoms with Gasteiger partial charge < -0.3 is 15.4 Å². The number of urea groups is 1. The third kappa shape index (κ3) is 7.22. The summed E-state index contributed by atoms with van der Waals surface area (Å²) in [6, 6.07) is 2.96. The molecule has 0 unspecified atom stereocenters. The molecule has 8 nitrogen and oxygen atoms in total. The second kappa shape index (κ2) is 10.5. The number of imide groups is 1. The highest BCUT2D eigenvalue weighted by molar-refractivity contribution is 7.12. The zero-order chi connectivity index (χ0) is 18.8. The van der Waals surface area contributed by atoms with Crippen LogP contribution in [0.25, 0.3) is 0 Å². The van der Waals surface area contributed by atoms with Gasteiger partial charge in [0.2, 0.25) is 0 Å². The largest absolute Gasteiger partial charge is 0.456 e. The Hall–Kier alpha value is -2.42. The lowest BCUT2D eigenvalue weighted by atomic mass is 9.96. The van der Waals surface area contributed by atoms with Gasteiger partial charge in [0.05, 0.1) is 11.3 Å². The molecule has 0 saturated heterocycles. The molecule has 0 spiro atoms. The molecule has 3 N–H and O–H groups in total. The number of hydrogen-bond donors (Lipinski definition) is 3. The summed E-state index contributed by atoms with van der Waals surface area (Å²) >= 11 is 1.30. The highest BCUT2D eigenvalue weighted by atomic mass is 32.1. The van der Waals surface area contributed by atoms with E-state index in [9.17, 15) is 19.2 Å². The Balaban J connectivity index is 1.55. The van der Waals surface area contributed by atoms with Crippen LogP contribution in [0.1, 0.15) is 48.2 Å². The predicted molar refractivity (Wildman–Crippen MR) is 95.8 cm³/mol. The van der Waals surface area contributed by atoms with Crippen LogP contribution >= 0.6 is 11.3 Å². The van der Waals surface area contributed by atoms with Gasteiger partial charge in [-0.15, -0.1) is 11.3 Å². The highest BCUT2D eigenvalue weighted by Crippen LogP contribution is 2.17. The monoisotopic (exact) mass is 381 g/mol. The third-order valence-corrected chi connectivity index (χ3v) is 4.79. The molecule has 2 rings (SSSR count). The standard InChI is InChI=1S/C17H23N3O5S/c21-14(20-17(24)19-12-5-2-1-3-6-12)11-25-15(22)8-9-18-16(23)13-7-4-10-26-13/h4,7,10,12H,1-3,5-6,8-9,11H2,(H,18,23)(H2,19,20,21,24). The normalized spacial score (nSPS) is 14.3. The Kier molecular flexibility index (Phi) is 8.07. The fourth-order valence-electron chi connectivity index (χ4n) is 2.62. The van der Waals surface area contributed by atoms with Gasteiger partial charge in [0.1, 0.15) is 0 Å². The van der Waals surface area contributed by atoms with E-state index in [-0.39, 0.29) is 24.9 Å². The number of thiophene rings is 1. The van der Waals surface area contributed by atoms with Crippen molar-refractivity contribution < 1.29 is 23.9 Å². The van der Waals surface area contributed by atoms with Crippen LogP contribution in [0.5, 0.6) is 0 Å². The van der Waals surface area contributed by atoms with Crippen LogP contribution in [0.3, 0.4) is 0 Å². The van der Waals surface area contributed by atoms with Gasteiger partial charge in [0, 0.05) is 12.6 Å². The van der Waals surface area contributed by atoms with Crippen LogP contribution in [0.4, 0.5) is 4.79 Å². The summed E-state index contributed by atoms with van der Waals surface area (Å²) in [5.41, 5.74) is 0. The molecule has 1 aromatic rings. The fourth-order valence-corrected chi connectivity index (χ4v) is 3.26. The molecule has 4 amide bonds. The van der Waals surface area contributed by atoms with Crippen LogP contribution in [-0.2, 0) is 14.3 Å². The molecule has 142 valence electrons. The van der Waals surface area contributed by atoms with Crippen LogP contribution in [0, 0.1) is 0 Å². The van der Waals surface area contributed by atoms with Crippen molar-refractivity contribution in [2.75, 3.05) is 13.2 Å². The number of amides is 4. The number of esters is 1. The van der Waals surface area contributed by atoms with E-state index in [1.54, 1.807) is 17.5 Å². The van der Waals surface area contributed by atoms with Crippen LogP contribution in [0.2, 0.25) is 0 Å². The van der Waals surface area contributed by atoms with Crippen molar-refractivity contribution in [3.05, 3.63) is 22.4 Å². The molecule has 0 aromatic carbocycles. The first-order valence-corrected chi connectivity index (χ1v) is 9.50. The molecule has 26 heavy (non-hydrogen) atoms. The van der Waals surface area contributed by atoms with E-state index in [4.69, 9.17) is 4.74 Å². The highest BCUT2D eigenvalue weighted by Gasteiger charge is 2.17. The fraction of sp³-hybridized carbons (Fsp3) is 0.529. The Morgan fingerprint density at radius 3 is 2.62 bits per heavy atom. The Morgan fingerprint density at radius 1 is 1.15 bits per heavy atom. The second-order valence-electron chi connectivity index (χ2n) is 6.00. The summed E-state index contributed by atoms with van der Waals surface area (Å²) in [5.74, 6) is -1.57. The SMILES string of the molecule is O=C(COC(=O)CCNC(=O)c1cccs1)NC(=O)NC1CCCCC1. The maximum atomic E-state index is 11.7. The van der Waals surface area contributed by atoms with Crippen LogP contribution in [0.15, 0.2) is 17.5 Å². The van der Waals surface area contributed by atoms with Crippen molar-refractivity contribution in [1.82, 2.24) is 16.0 Å². The molecular formula is C17H23N3O5S. The minimum atomic E-state index is -0.686. The average Bonchev–Trinajstić information content (AvgIpc) is 3.15. The number of ether oxygens (including phenoxy) is 1. The molecule has 0 aliphatic heterocycles. The molecule has 1 aromatic heterocycles. The van der Waals surface area contributed by atoms with Crippen molar-refractivity contribution >= 4 is 35.2 Å². The summed E-state index contributed by atoms with van der Waals surface area (Å²) < 4.78 is 4.79. The summed E-state index contributed by atoms with van der Waals surface area (Å²) in [6.45, 7) is -0.421. The lowest BCUT2D eigenvalue weighted by Crippen LogP contribution is -2.46. The summed E-state index contributed by atoms with van der Waals surface area (Å²) in [7, 11) is 0. The molecule has 0 atom stereocenters. The Morgan fingerprint density at radius 2 is 1.92 bits per heavy atom. The Labute approximate surface area is 155 Å². The predicted octanol–water partition coefficient (Wildman–Crippen LogP) is 1.57. The van der Waals surface area contributed by atoms with Crippen LogP contribution in [-0.4, -0.2) is 43.0 Å². The molecule has 0 bridgehead atoms. The third-order valence-electron chi connectivity index (χ3n) is 3.92. The van der Waals surface area contributed by atoms with Gasteiger partial charge in [0.25, 0.3) is 11.8 Å². The first-order chi connectivity index (χ1) is 12.5. The summed E-state index contributed by atoms with van der Waals surface area (Å²) in [6.07, 6.45) is 5.07. The molecule has 1 aliphatic carbocycles. The van der Waals surface area contributed by atoms with E-state index < -0.39 is 24.5 Å². The van der Waals surface area contributed by atoms with Crippen LogP contribution < -0.4 is 16.0 Å². The quantitative estimate of drug-likeness (QED) is 0.621. The number of carbonyl (C=O) groups excluding carboxylic acids is 4. The van der Waals surface area contributed by atoms with E-state index in [0.29, 0.717) is 4.88 Å². The van der Waals surface area contributed by atoms with Crippen molar-refractivity contribution in [3.63, 3.8) is 0 Å². The van der Waals surface area contributed by atoms with Gasteiger partial charge >= 0.3 is 12.0 Å². The van der Waals surface area contributed by atoms with Crippen molar-refractivity contribution in [1.29, 1.82) is 0 Å². The van der Waals surface area contributed by atoms with Gasteiger partial charge in [-0.2, -0.15) is 0 Å². The average molecular weight is 381 g/mol. The van der Waals surface area contributed by atoms with Crippen molar-refractivity contribution in [2.45, 2.75) is 44.6 Å². The molecule has 1 heterocycles. The second-order valence-corrected chi connectivity index (χ2v) is 6.95. The van der Waals surface area contributed by atoms with Crippen molar-refractivity contribution in [2.24, 2.45) is 0 Å². The minimum absolute atomic E-state index is 0.0569. The number of carbonyl (C=O) groups is 4. The molecule has 1 saturated carbocycles. The van der Waals surface area contributed by atoms with Crippen molar-refractivity contribution in [3.8, 4) is 0 Å². The van der Waals surface area contributed by atoms with Gasteiger partial charge in [-0.1, -0.05) is 25.3 Å².